The number of likely N-dealkylation sites (tertiary alicyclic amines) is 1. The van der Waals surface area contributed by atoms with Crippen molar-refractivity contribution in [2.24, 2.45) is 5.92 Å². The lowest BCUT2D eigenvalue weighted by Gasteiger charge is -2.25. The van der Waals surface area contributed by atoms with Crippen LogP contribution in [0, 0.1) is 5.92 Å². The van der Waals surface area contributed by atoms with Crippen LogP contribution in [0.4, 0.5) is 0 Å². The second-order valence-corrected chi connectivity index (χ2v) is 5.26. The molecule has 2 nitrogen and oxygen atoms in total. The van der Waals surface area contributed by atoms with Crippen LogP contribution in [0.25, 0.3) is 0 Å². The van der Waals surface area contributed by atoms with Crippen LogP contribution in [-0.2, 0) is 0 Å². The third-order valence-corrected chi connectivity index (χ3v) is 4.01. The van der Waals surface area contributed by atoms with E-state index in [0.29, 0.717) is 0 Å². The Morgan fingerprint density at radius 2 is 1.93 bits per heavy atom. The highest BCUT2D eigenvalue weighted by molar-refractivity contribution is 4.85. The van der Waals surface area contributed by atoms with Gasteiger partial charge in [-0.05, 0) is 57.7 Å². The van der Waals surface area contributed by atoms with Gasteiger partial charge in [0.25, 0.3) is 0 Å². The van der Waals surface area contributed by atoms with Gasteiger partial charge in [-0.25, -0.2) is 0 Å². The van der Waals surface area contributed by atoms with E-state index in [9.17, 15) is 0 Å². The highest BCUT2D eigenvalue weighted by atomic mass is 15.1. The molecule has 0 aromatic rings. The van der Waals surface area contributed by atoms with Gasteiger partial charge in [-0.2, -0.15) is 0 Å². The van der Waals surface area contributed by atoms with Crippen molar-refractivity contribution in [3.05, 3.63) is 0 Å². The molecule has 0 radical (unpaired) electrons. The summed E-state index contributed by atoms with van der Waals surface area (Å²) in [5.74, 6) is 0.939. The largest absolute Gasteiger partial charge is 0.314 e. The average molecular weight is 210 g/mol. The van der Waals surface area contributed by atoms with Gasteiger partial charge in [0, 0.05) is 12.6 Å². The summed E-state index contributed by atoms with van der Waals surface area (Å²) in [6, 6.07) is 0.825. The van der Waals surface area contributed by atoms with Crippen LogP contribution in [-0.4, -0.2) is 37.1 Å². The van der Waals surface area contributed by atoms with Gasteiger partial charge in [0.05, 0.1) is 0 Å². The molecule has 15 heavy (non-hydrogen) atoms. The minimum Gasteiger partial charge on any atom is -0.314 e. The summed E-state index contributed by atoms with van der Waals surface area (Å²) in [6.45, 7) is 7.55. The second-order valence-electron chi connectivity index (χ2n) is 5.26. The van der Waals surface area contributed by atoms with Crippen molar-refractivity contribution in [1.82, 2.24) is 10.2 Å². The second kappa shape index (κ2) is 5.86. The van der Waals surface area contributed by atoms with Crippen LogP contribution in [0.5, 0.6) is 0 Å². The highest BCUT2D eigenvalue weighted by Gasteiger charge is 2.28. The van der Waals surface area contributed by atoms with Gasteiger partial charge in [-0.3, -0.25) is 0 Å². The number of rotatable bonds is 5. The first-order valence-corrected chi connectivity index (χ1v) is 6.86. The number of hydrogen-bond acceptors (Lipinski definition) is 2. The summed E-state index contributed by atoms with van der Waals surface area (Å²) in [5, 5.41) is 3.73. The van der Waals surface area contributed by atoms with Crippen LogP contribution in [0.3, 0.4) is 0 Å². The van der Waals surface area contributed by atoms with E-state index in [2.05, 4.69) is 17.1 Å². The lowest BCUT2D eigenvalue weighted by atomic mass is 10.0. The third kappa shape index (κ3) is 3.18. The first kappa shape index (κ1) is 11.4. The molecule has 2 aliphatic rings. The molecule has 2 fully saturated rings. The molecule has 2 unspecified atom stereocenters. The van der Waals surface area contributed by atoms with Crippen molar-refractivity contribution < 1.29 is 0 Å². The maximum Gasteiger partial charge on any atom is 0.0107 e. The van der Waals surface area contributed by atoms with Gasteiger partial charge in [0.1, 0.15) is 0 Å². The lowest BCUT2D eigenvalue weighted by Crippen LogP contribution is -2.38. The van der Waals surface area contributed by atoms with Crippen LogP contribution in [0.2, 0.25) is 0 Å². The van der Waals surface area contributed by atoms with Crippen LogP contribution in [0.15, 0.2) is 0 Å². The predicted molar refractivity (Wildman–Crippen MR) is 65.1 cm³/mol. The molecule has 0 aromatic heterocycles. The fraction of sp³-hybridized carbons (Fsp3) is 1.00. The quantitative estimate of drug-likeness (QED) is 0.749. The maximum absolute atomic E-state index is 3.73. The van der Waals surface area contributed by atoms with Crippen molar-refractivity contribution >= 4 is 0 Å². The summed E-state index contributed by atoms with van der Waals surface area (Å²) in [4.78, 5) is 2.68. The summed E-state index contributed by atoms with van der Waals surface area (Å²) >= 11 is 0. The van der Waals surface area contributed by atoms with Crippen molar-refractivity contribution in [2.75, 3.05) is 26.2 Å². The Labute approximate surface area is 94.4 Å². The van der Waals surface area contributed by atoms with Crippen molar-refractivity contribution in [1.29, 1.82) is 0 Å². The molecule has 2 heteroatoms. The zero-order valence-electron chi connectivity index (χ0n) is 10.2. The smallest absolute Gasteiger partial charge is 0.0107 e. The van der Waals surface area contributed by atoms with Crippen molar-refractivity contribution in [3.8, 4) is 0 Å². The highest BCUT2D eigenvalue weighted by Crippen LogP contribution is 2.27. The fourth-order valence-electron chi connectivity index (χ4n) is 3.15. The molecular weight excluding hydrogens is 184 g/mol. The molecule has 1 heterocycles. The Bertz CT molecular complexity index is 175. The number of nitrogens with one attached hydrogen (secondary N) is 1. The molecule has 1 N–H and O–H groups in total. The van der Waals surface area contributed by atoms with Gasteiger partial charge >= 0.3 is 0 Å². The summed E-state index contributed by atoms with van der Waals surface area (Å²) in [6.07, 6.45) is 8.45. The number of nitrogens with zero attached hydrogens (tertiary/aromatic N) is 1. The summed E-state index contributed by atoms with van der Waals surface area (Å²) in [7, 11) is 0. The Morgan fingerprint density at radius 3 is 2.67 bits per heavy atom. The standard InChI is InChI=1S/C13H26N2/c1-2-8-14-13-7-5-6-12(13)11-15-9-3-4-10-15/h12-14H,2-11H2,1H3. The molecule has 1 aliphatic carbocycles. The van der Waals surface area contributed by atoms with E-state index >= 15 is 0 Å². The minimum atomic E-state index is 0.825. The molecular formula is C13H26N2. The predicted octanol–water partition coefficient (Wildman–Crippen LogP) is 2.25. The maximum atomic E-state index is 3.73. The van der Waals surface area contributed by atoms with E-state index in [1.165, 1.54) is 64.7 Å². The Kier molecular flexibility index (Phi) is 4.45. The Morgan fingerprint density at radius 1 is 1.13 bits per heavy atom. The molecule has 88 valence electrons. The van der Waals surface area contributed by atoms with E-state index in [1.807, 2.05) is 0 Å². The Balaban J connectivity index is 1.74. The van der Waals surface area contributed by atoms with Crippen LogP contribution < -0.4 is 5.32 Å². The zero-order chi connectivity index (χ0) is 10.5. The van der Waals surface area contributed by atoms with Crippen LogP contribution in [0.1, 0.15) is 45.4 Å². The van der Waals surface area contributed by atoms with Crippen molar-refractivity contribution in [3.63, 3.8) is 0 Å². The van der Waals surface area contributed by atoms with E-state index in [4.69, 9.17) is 0 Å². The Hall–Kier alpha value is -0.0800. The SMILES string of the molecule is CCCNC1CCCC1CN1CCCC1. The first-order chi connectivity index (χ1) is 7.40. The molecule has 2 atom stereocenters. The van der Waals surface area contributed by atoms with E-state index in [1.54, 1.807) is 0 Å². The molecule has 1 saturated heterocycles. The zero-order valence-corrected chi connectivity index (χ0v) is 10.2. The van der Waals surface area contributed by atoms with Gasteiger partial charge in [-0.15, -0.1) is 0 Å². The average Bonchev–Trinajstić information content (AvgIpc) is 2.87. The molecule has 0 bridgehead atoms. The van der Waals surface area contributed by atoms with E-state index in [0.717, 1.165) is 12.0 Å². The van der Waals surface area contributed by atoms with E-state index < -0.39 is 0 Å². The third-order valence-electron chi connectivity index (χ3n) is 4.01. The number of hydrogen-bond donors (Lipinski definition) is 1. The fourth-order valence-corrected chi connectivity index (χ4v) is 3.15. The van der Waals surface area contributed by atoms with E-state index in [-0.39, 0.29) is 0 Å². The first-order valence-electron chi connectivity index (χ1n) is 6.86. The lowest BCUT2D eigenvalue weighted by molar-refractivity contribution is 0.252. The summed E-state index contributed by atoms with van der Waals surface area (Å²) in [5.41, 5.74) is 0. The van der Waals surface area contributed by atoms with Gasteiger partial charge in [0.2, 0.25) is 0 Å². The van der Waals surface area contributed by atoms with Crippen molar-refractivity contribution in [2.45, 2.75) is 51.5 Å². The minimum absolute atomic E-state index is 0.825. The molecule has 0 aromatic carbocycles. The van der Waals surface area contributed by atoms with Gasteiger partial charge in [-0.1, -0.05) is 13.3 Å². The van der Waals surface area contributed by atoms with Gasteiger partial charge in [0.15, 0.2) is 0 Å². The monoisotopic (exact) mass is 210 g/mol. The molecule has 1 saturated carbocycles. The molecule has 0 spiro atoms. The normalized spacial score (nSPS) is 32.6. The van der Waals surface area contributed by atoms with Crippen LogP contribution >= 0.6 is 0 Å². The topological polar surface area (TPSA) is 15.3 Å². The molecule has 1 aliphatic heterocycles. The van der Waals surface area contributed by atoms with Gasteiger partial charge < -0.3 is 10.2 Å². The molecule has 0 amide bonds. The summed E-state index contributed by atoms with van der Waals surface area (Å²) < 4.78 is 0. The molecule has 2 rings (SSSR count).